The van der Waals surface area contributed by atoms with Crippen molar-refractivity contribution in [1.29, 1.82) is 0 Å². The van der Waals surface area contributed by atoms with Gasteiger partial charge in [-0.15, -0.1) is 0 Å². The Bertz CT molecular complexity index is 1180. The summed E-state index contributed by atoms with van der Waals surface area (Å²) in [5.74, 6) is -4.49. The molecule has 4 rings (SSSR count). The van der Waals surface area contributed by atoms with Crippen LogP contribution in [0.15, 0.2) is 43.0 Å². The van der Waals surface area contributed by atoms with Gasteiger partial charge in [0.1, 0.15) is 6.61 Å². The summed E-state index contributed by atoms with van der Waals surface area (Å²) < 4.78 is 74.2. The van der Waals surface area contributed by atoms with E-state index < -0.39 is 48.5 Å². The molecule has 0 bridgehead atoms. The van der Waals surface area contributed by atoms with Crippen LogP contribution in [0.1, 0.15) is 29.4 Å². The molecule has 3 aromatic rings. The average molecular weight is 496 g/mol. The Labute approximate surface area is 196 Å². The summed E-state index contributed by atoms with van der Waals surface area (Å²) in [6, 6.07) is 2.64. The van der Waals surface area contributed by atoms with E-state index in [4.69, 9.17) is 4.74 Å². The fourth-order valence-corrected chi connectivity index (χ4v) is 4.01. The van der Waals surface area contributed by atoms with Gasteiger partial charge in [0.05, 0.1) is 23.7 Å². The summed E-state index contributed by atoms with van der Waals surface area (Å²) >= 11 is 0. The van der Waals surface area contributed by atoms with E-state index in [2.05, 4.69) is 20.1 Å². The molecule has 0 saturated carbocycles. The zero-order valence-corrected chi connectivity index (χ0v) is 18.7. The largest absolute Gasteiger partial charge is 0.475 e. The molecule has 3 aromatic heterocycles. The summed E-state index contributed by atoms with van der Waals surface area (Å²) in [5, 5.41) is 4.16. The van der Waals surface area contributed by atoms with Gasteiger partial charge in [-0.2, -0.15) is 18.3 Å². The van der Waals surface area contributed by atoms with Crippen molar-refractivity contribution in [2.45, 2.75) is 31.5 Å². The van der Waals surface area contributed by atoms with E-state index in [1.807, 2.05) is 0 Å². The first kappa shape index (κ1) is 24.5. The SMILES string of the molecule is CC1CC(F)(F)CN(C(=O)c2nn(C)cc2-c2ncccn2)[C@@H]1COc1ccc(C(F)(F)F)cn1. The minimum atomic E-state index is -4.55. The van der Waals surface area contributed by atoms with Gasteiger partial charge in [-0.25, -0.2) is 23.7 Å². The van der Waals surface area contributed by atoms with E-state index >= 15 is 0 Å². The summed E-state index contributed by atoms with van der Waals surface area (Å²) in [6.45, 7) is 0.447. The Hall–Kier alpha value is -3.64. The normalized spacial score (nSPS) is 20.0. The Morgan fingerprint density at radius 2 is 1.91 bits per heavy atom. The van der Waals surface area contributed by atoms with Crippen LogP contribution in [-0.4, -0.2) is 60.7 Å². The quantitative estimate of drug-likeness (QED) is 0.499. The molecule has 2 atom stereocenters. The second-order valence-corrected chi connectivity index (χ2v) is 8.37. The van der Waals surface area contributed by atoms with Gasteiger partial charge in [-0.1, -0.05) is 6.92 Å². The van der Waals surface area contributed by atoms with Gasteiger partial charge in [0.2, 0.25) is 5.88 Å². The number of hydrogen-bond donors (Lipinski definition) is 0. The number of nitrogens with zero attached hydrogens (tertiary/aromatic N) is 6. The van der Waals surface area contributed by atoms with Gasteiger partial charge in [0, 0.05) is 44.3 Å². The Morgan fingerprint density at radius 1 is 1.20 bits per heavy atom. The smallest absolute Gasteiger partial charge is 0.417 e. The fraction of sp³-hybridized carbons (Fsp3) is 0.409. The highest BCUT2D eigenvalue weighted by atomic mass is 19.4. The van der Waals surface area contributed by atoms with Gasteiger partial charge < -0.3 is 9.64 Å². The number of hydrogen-bond acceptors (Lipinski definition) is 6. The minimum absolute atomic E-state index is 0.0961. The summed E-state index contributed by atoms with van der Waals surface area (Å²) in [6.07, 6.45) is 0.0640. The van der Waals surface area contributed by atoms with Crippen LogP contribution in [0.2, 0.25) is 0 Å². The van der Waals surface area contributed by atoms with Crippen molar-refractivity contribution in [2.75, 3.05) is 13.2 Å². The lowest BCUT2D eigenvalue weighted by molar-refractivity contribution is -0.137. The molecule has 8 nitrogen and oxygen atoms in total. The number of ether oxygens (including phenoxy) is 1. The summed E-state index contributed by atoms with van der Waals surface area (Å²) in [5.41, 5.74) is -0.761. The zero-order valence-electron chi connectivity index (χ0n) is 18.7. The Kier molecular flexibility index (Phi) is 6.43. The van der Waals surface area contributed by atoms with Crippen molar-refractivity contribution in [3.8, 4) is 17.3 Å². The first-order valence-corrected chi connectivity index (χ1v) is 10.6. The number of carbonyl (C=O) groups excluding carboxylic acids is 1. The van der Waals surface area contributed by atoms with Gasteiger partial charge >= 0.3 is 6.18 Å². The van der Waals surface area contributed by atoms with Crippen LogP contribution in [-0.2, 0) is 13.2 Å². The van der Waals surface area contributed by atoms with E-state index in [9.17, 15) is 26.7 Å². The molecule has 0 spiro atoms. The van der Waals surface area contributed by atoms with Crippen molar-refractivity contribution in [1.82, 2.24) is 29.6 Å². The molecule has 13 heteroatoms. The molecule has 0 N–H and O–H groups in total. The molecule has 1 fully saturated rings. The van der Waals surface area contributed by atoms with Crippen molar-refractivity contribution >= 4 is 5.91 Å². The second kappa shape index (κ2) is 9.19. The highest BCUT2D eigenvalue weighted by molar-refractivity contribution is 5.98. The van der Waals surface area contributed by atoms with Crippen LogP contribution in [0.5, 0.6) is 5.88 Å². The maximum atomic E-state index is 14.5. The summed E-state index contributed by atoms with van der Waals surface area (Å²) in [4.78, 5) is 26.4. The standard InChI is InChI=1S/C22H21F5N6O2/c1-13-8-21(23,24)12-33(16(13)11-35-17-5-4-14(9-30-17)22(25,26)27)20(34)18-15(10-32(2)31-18)19-28-6-3-7-29-19/h3-7,9-10,13,16H,8,11-12H2,1-2H3/t13?,16-/m1/s1. The van der Waals surface area contributed by atoms with Crippen LogP contribution in [0.4, 0.5) is 22.0 Å². The number of halogens is 5. The molecule has 186 valence electrons. The lowest BCUT2D eigenvalue weighted by atomic mass is 9.88. The number of piperidine rings is 1. The summed E-state index contributed by atoms with van der Waals surface area (Å²) in [7, 11) is 1.58. The fourth-order valence-electron chi connectivity index (χ4n) is 4.01. The first-order valence-electron chi connectivity index (χ1n) is 10.6. The highest BCUT2D eigenvalue weighted by Crippen LogP contribution is 2.36. The van der Waals surface area contributed by atoms with Crippen LogP contribution in [0.3, 0.4) is 0 Å². The number of likely N-dealkylation sites (tertiary alicyclic amines) is 1. The van der Waals surface area contributed by atoms with Crippen LogP contribution < -0.4 is 4.74 Å². The number of amides is 1. The molecular weight excluding hydrogens is 475 g/mol. The Morgan fingerprint density at radius 3 is 2.54 bits per heavy atom. The predicted molar refractivity (Wildman–Crippen MR) is 113 cm³/mol. The van der Waals surface area contributed by atoms with Crippen LogP contribution >= 0.6 is 0 Å². The molecule has 1 aliphatic heterocycles. The molecule has 0 aromatic carbocycles. The first-order chi connectivity index (χ1) is 16.4. The van der Waals surface area contributed by atoms with Crippen LogP contribution in [0.25, 0.3) is 11.4 Å². The van der Waals surface area contributed by atoms with Crippen molar-refractivity contribution in [3.05, 3.63) is 54.2 Å². The minimum Gasteiger partial charge on any atom is -0.475 e. The van der Waals surface area contributed by atoms with E-state index in [0.717, 1.165) is 17.0 Å². The van der Waals surface area contributed by atoms with Crippen molar-refractivity contribution < 1.29 is 31.5 Å². The average Bonchev–Trinajstić information content (AvgIpc) is 3.19. The van der Waals surface area contributed by atoms with E-state index in [-0.39, 0.29) is 29.6 Å². The van der Waals surface area contributed by atoms with Crippen molar-refractivity contribution in [3.63, 3.8) is 0 Å². The molecule has 1 amide bonds. The molecule has 1 aliphatic rings. The third-order valence-corrected chi connectivity index (χ3v) is 5.64. The Balaban J connectivity index is 1.60. The van der Waals surface area contributed by atoms with Gasteiger partial charge in [-0.05, 0) is 18.1 Å². The molecule has 0 radical (unpaired) electrons. The molecule has 1 saturated heterocycles. The molecule has 1 unspecified atom stereocenters. The van der Waals surface area contributed by atoms with E-state index in [1.165, 1.54) is 23.3 Å². The predicted octanol–water partition coefficient (Wildman–Crippen LogP) is 3.86. The highest BCUT2D eigenvalue weighted by Gasteiger charge is 2.47. The zero-order chi connectivity index (χ0) is 25.4. The third-order valence-electron chi connectivity index (χ3n) is 5.64. The van der Waals surface area contributed by atoms with Gasteiger partial charge in [0.25, 0.3) is 11.8 Å². The monoisotopic (exact) mass is 496 g/mol. The number of rotatable bonds is 5. The number of aromatic nitrogens is 5. The molecule has 0 aliphatic carbocycles. The molecule has 4 heterocycles. The van der Waals surface area contributed by atoms with Gasteiger partial charge in [-0.3, -0.25) is 9.48 Å². The maximum Gasteiger partial charge on any atom is 0.417 e. The lowest BCUT2D eigenvalue weighted by Gasteiger charge is -2.42. The van der Waals surface area contributed by atoms with E-state index in [0.29, 0.717) is 6.20 Å². The lowest BCUT2D eigenvalue weighted by Crippen LogP contribution is -2.57. The topological polar surface area (TPSA) is 86.0 Å². The molecule has 35 heavy (non-hydrogen) atoms. The van der Waals surface area contributed by atoms with Gasteiger partial charge in [0.15, 0.2) is 11.5 Å². The third kappa shape index (κ3) is 5.38. The molecular formula is C22H21F5N6O2. The second-order valence-electron chi connectivity index (χ2n) is 8.37. The van der Waals surface area contributed by atoms with E-state index in [1.54, 1.807) is 20.0 Å². The number of aryl methyl sites for hydroxylation is 1. The number of pyridine rings is 1. The number of carbonyl (C=O) groups is 1. The maximum absolute atomic E-state index is 14.5. The van der Waals surface area contributed by atoms with Crippen LogP contribution in [0, 0.1) is 5.92 Å². The number of alkyl halides is 5. The van der Waals surface area contributed by atoms with Crippen molar-refractivity contribution in [2.24, 2.45) is 13.0 Å².